The first kappa shape index (κ1) is 12.2. The van der Waals surface area contributed by atoms with Crippen LogP contribution in [0.2, 0.25) is 0 Å². The van der Waals surface area contributed by atoms with Crippen LogP contribution in [0.3, 0.4) is 0 Å². The molecule has 3 atom stereocenters. The fourth-order valence-electron chi connectivity index (χ4n) is 1.90. The highest BCUT2D eigenvalue weighted by Crippen LogP contribution is 2.26. The highest BCUT2D eigenvalue weighted by Gasteiger charge is 2.26. The van der Waals surface area contributed by atoms with Gasteiger partial charge >= 0.3 is 5.97 Å². The number of hydrogen-bond acceptors (Lipinski definition) is 4. The molecule has 0 heterocycles. The van der Waals surface area contributed by atoms with E-state index < -0.39 is 12.2 Å². The summed E-state index contributed by atoms with van der Waals surface area (Å²) in [5.74, 6) is -0.182. The third-order valence-electron chi connectivity index (χ3n) is 2.81. The number of carbonyl (C=O) groups excluding carboxylic acids is 1. The first-order valence-corrected chi connectivity index (χ1v) is 5.17. The first-order chi connectivity index (χ1) is 7.04. The van der Waals surface area contributed by atoms with E-state index in [0.29, 0.717) is 18.4 Å². The van der Waals surface area contributed by atoms with Gasteiger partial charge < -0.3 is 14.9 Å². The van der Waals surface area contributed by atoms with Gasteiger partial charge in [0.05, 0.1) is 19.3 Å². The normalized spacial score (nSPS) is 32.5. The molecule has 0 aromatic rings. The zero-order chi connectivity index (χ0) is 11.4. The molecular formula is C11H18O4. The average molecular weight is 214 g/mol. The predicted octanol–water partition coefficient (Wildman–Crippen LogP) is 0.628. The molecule has 1 aliphatic rings. The van der Waals surface area contributed by atoms with Gasteiger partial charge in [-0.25, -0.2) is 4.79 Å². The number of hydrogen-bond donors (Lipinski definition) is 2. The van der Waals surface area contributed by atoms with Gasteiger partial charge in [-0.2, -0.15) is 0 Å². The zero-order valence-corrected chi connectivity index (χ0v) is 9.14. The average Bonchev–Trinajstić information content (AvgIpc) is 2.22. The summed E-state index contributed by atoms with van der Waals surface area (Å²) in [6, 6.07) is 0. The molecule has 1 saturated carbocycles. The Hall–Kier alpha value is -0.870. The van der Waals surface area contributed by atoms with Crippen molar-refractivity contribution in [3.05, 3.63) is 11.6 Å². The Kier molecular flexibility index (Phi) is 4.29. The van der Waals surface area contributed by atoms with Gasteiger partial charge in [0.15, 0.2) is 0 Å². The Morgan fingerprint density at radius 2 is 2.00 bits per heavy atom. The van der Waals surface area contributed by atoms with E-state index in [1.54, 1.807) is 6.92 Å². The molecule has 0 aliphatic heterocycles. The number of rotatable bonds is 2. The van der Waals surface area contributed by atoms with Crippen LogP contribution in [0, 0.1) is 5.92 Å². The van der Waals surface area contributed by atoms with E-state index >= 15 is 0 Å². The van der Waals surface area contributed by atoms with Crippen LogP contribution in [0.4, 0.5) is 0 Å². The van der Waals surface area contributed by atoms with Gasteiger partial charge in [-0.15, -0.1) is 0 Å². The van der Waals surface area contributed by atoms with Crippen molar-refractivity contribution in [2.75, 3.05) is 7.11 Å². The van der Waals surface area contributed by atoms with E-state index in [0.717, 1.165) is 6.42 Å². The fraction of sp³-hybridized carbons (Fsp3) is 0.727. The maximum Gasteiger partial charge on any atom is 0.333 e. The Bertz CT molecular complexity index is 259. The topological polar surface area (TPSA) is 66.8 Å². The van der Waals surface area contributed by atoms with Gasteiger partial charge in [-0.1, -0.05) is 6.08 Å². The molecule has 0 aromatic carbocycles. The molecule has 0 bridgehead atoms. The SMILES string of the molecule is COC(=O)C(C)=CC1CCC(O)C(O)C1. The molecule has 4 heteroatoms. The number of esters is 1. The van der Waals surface area contributed by atoms with Crippen molar-refractivity contribution in [3.63, 3.8) is 0 Å². The summed E-state index contributed by atoms with van der Waals surface area (Å²) < 4.78 is 4.58. The Morgan fingerprint density at radius 1 is 1.33 bits per heavy atom. The largest absolute Gasteiger partial charge is 0.466 e. The lowest BCUT2D eigenvalue weighted by molar-refractivity contribution is -0.136. The molecule has 0 amide bonds. The van der Waals surface area contributed by atoms with Crippen molar-refractivity contribution in [1.82, 2.24) is 0 Å². The number of aliphatic hydroxyl groups is 2. The predicted molar refractivity (Wildman–Crippen MR) is 55.1 cm³/mol. The number of methoxy groups -OCH3 is 1. The van der Waals surface area contributed by atoms with Gasteiger partial charge in [0.2, 0.25) is 0 Å². The summed E-state index contributed by atoms with van der Waals surface area (Å²) >= 11 is 0. The molecule has 0 saturated heterocycles. The van der Waals surface area contributed by atoms with E-state index in [-0.39, 0.29) is 11.9 Å². The zero-order valence-electron chi connectivity index (χ0n) is 9.14. The molecule has 0 aromatic heterocycles. The lowest BCUT2D eigenvalue weighted by atomic mass is 9.84. The Morgan fingerprint density at radius 3 is 2.53 bits per heavy atom. The smallest absolute Gasteiger partial charge is 0.333 e. The molecule has 0 radical (unpaired) electrons. The van der Waals surface area contributed by atoms with E-state index in [9.17, 15) is 15.0 Å². The highest BCUT2D eigenvalue weighted by molar-refractivity contribution is 5.87. The van der Waals surface area contributed by atoms with Crippen LogP contribution in [0.1, 0.15) is 26.2 Å². The molecule has 2 N–H and O–H groups in total. The van der Waals surface area contributed by atoms with E-state index in [4.69, 9.17) is 0 Å². The summed E-state index contributed by atoms with van der Waals surface area (Å²) in [5, 5.41) is 18.8. The van der Waals surface area contributed by atoms with Crippen molar-refractivity contribution in [3.8, 4) is 0 Å². The number of carbonyl (C=O) groups is 1. The summed E-state index contributed by atoms with van der Waals surface area (Å²) in [5.41, 5.74) is 0.561. The maximum absolute atomic E-state index is 11.1. The van der Waals surface area contributed by atoms with E-state index in [1.165, 1.54) is 7.11 Å². The standard InChI is InChI=1S/C11H18O4/c1-7(11(14)15-2)5-8-3-4-9(12)10(13)6-8/h5,8-10,12-13H,3-4,6H2,1-2H3. The third kappa shape index (κ3) is 3.32. The summed E-state index contributed by atoms with van der Waals surface area (Å²) in [6.45, 7) is 1.70. The van der Waals surface area contributed by atoms with Crippen LogP contribution in [0.25, 0.3) is 0 Å². The molecule has 15 heavy (non-hydrogen) atoms. The summed E-state index contributed by atoms with van der Waals surface area (Å²) in [7, 11) is 1.35. The molecular weight excluding hydrogens is 196 g/mol. The summed E-state index contributed by atoms with van der Waals surface area (Å²) in [4.78, 5) is 11.1. The van der Waals surface area contributed by atoms with Crippen LogP contribution in [0.5, 0.6) is 0 Å². The second-order valence-electron chi connectivity index (χ2n) is 4.05. The van der Waals surface area contributed by atoms with Gasteiger partial charge in [0, 0.05) is 5.57 Å². The monoisotopic (exact) mass is 214 g/mol. The molecule has 3 unspecified atom stereocenters. The van der Waals surface area contributed by atoms with Crippen molar-refractivity contribution in [1.29, 1.82) is 0 Å². The minimum Gasteiger partial charge on any atom is -0.466 e. The molecule has 1 rings (SSSR count). The first-order valence-electron chi connectivity index (χ1n) is 5.17. The van der Waals surface area contributed by atoms with Crippen molar-refractivity contribution >= 4 is 5.97 Å². The van der Waals surface area contributed by atoms with E-state index in [2.05, 4.69) is 4.74 Å². The van der Waals surface area contributed by atoms with Gasteiger partial charge in [0.1, 0.15) is 0 Å². The van der Waals surface area contributed by atoms with E-state index in [1.807, 2.05) is 6.08 Å². The molecule has 0 spiro atoms. The molecule has 4 nitrogen and oxygen atoms in total. The quantitative estimate of drug-likeness (QED) is 0.522. The van der Waals surface area contributed by atoms with Crippen molar-refractivity contribution in [2.45, 2.75) is 38.4 Å². The van der Waals surface area contributed by atoms with Crippen molar-refractivity contribution in [2.24, 2.45) is 5.92 Å². The second kappa shape index (κ2) is 5.28. The summed E-state index contributed by atoms with van der Waals surface area (Å²) in [6.07, 6.45) is 2.42. The lowest BCUT2D eigenvalue weighted by Gasteiger charge is -2.28. The van der Waals surface area contributed by atoms with Gasteiger partial charge in [-0.3, -0.25) is 0 Å². The fourth-order valence-corrected chi connectivity index (χ4v) is 1.90. The second-order valence-corrected chi connectivity index (χ2v) is 4.05. The molecule has 1 aliphatic carbocycles. The molecule has 86 valence electrons. The Balaban J connectivity index is 2.56. The van der Waals surface area contributed by atoms with Crippen LogP contribution in [0.15, 0.2) is 11.6 Å². The third-order valence-corrected chi connectivity index (χ3v) is 2.81. The minimum atomic E-state index is -0.676. The number of allylic oxidation sites excluding steroid dienone is 1. The Labute approximate surface area is 89.6 Å². The number of aliphatic hydroxyl groups excluding tert-OH is 2. The van der Waals surface area contributed by atoms with Crippen LogP contribution < -0.4 is 0 Å². The van der Waals surface area contributed by atoms with Gasteiger partial charge in [0.25, 0.3) is 0 Å². The van der Waals surface area contributed by atoms with Crippen LogP contribution in [-0.2, 0) is 9.53 Å². The maximum atomic E-state index is 11.1. The number of ether oxygens (including phenoxy) is 1. The van der Waals surface area contributed by atoms with Crippen LogP contribution >= 0.6 is 0 Å². The lowest BCUT2D eigenvalue weighted by Crippen LogP contribution is -2.33. The van der Waals surface area contributed by atoms with Crippen LogP contribution in [-0.4, -0.2) is 35.5 Å². The van der Waals surface area contributed by atoms with Gasteiger partial charge in [-0.05, 0) is 32.1 Å². The highest BCUT2D eigenvalue weighted by atomic mass is 16.5. The van der Waals surface area contributed by atoms with Crippen molar-refractivity contribution < 1.29 is 19.7 Å². The molecule has 1 fully saturated rings. The minimum absolute atomic E-state index is 0.155.